The molecule has 0 aliphatic rings. The Labute approximate surface area is 227 Å². The third-order valence-corrected chi connectivity index (χ3v) is 6.43. The van der Waals surface area contributed by atoms with Gasteiger partial charge in [-0.2, -0.15) is 0 Å². The van der Waals surface area contributed by atoms with Crippen molar-refractivity contribution in [2.75, 3.05) is 24.7 Å². The van der Waals surface area contributed by atoms with E-state index in [4.69, 9.17) is 21.6 Å². The summed E-state index contributed by atoms with van der Waals surface area (Å²) in [5, 5.41) is 7.96. The number of benzene rings is 4. The highest BCUT2D eigenvalue weighted by Crippen LogP contribution is 2.29. The van der Waals surface area contributed by atoms with E-state index in [0.29, 0.717) is 16.5 Å². The number of aryl methyl sites for hydroxylation is 1. The maximum Gasteiger partial charge on any atom is 0.255 e. The van der Waals surface area contributed by atoms with E-state index >= 15 is 0 Å². The van der Waals surface area contributed by atoms with Gasteiger partial charge in [-0.1, -0.05) is 54.1 Å². The molecule has 0 atom stereocenters. The highest BCUT2D eigenvalue weighted by molar-refractivity contribution is 6.30. The molecular weight excluding hydrogens is 494 g/mol. The molecule has 5 aromatic rings. The summed E-state index contributed by atoms with van der Waals surface area (Å²) in [4.78, 5) is 24.6. The van der Waals surface area contributed by atoms with Gasteiger partial charge in [-0.3, -0.25) is 4.79 Å². The van der Waals surface area contributed by atoms with Crippen LogP contribution in [0, 0.1) is 6.92 Å². The number of nitrogens with zero attached hydrogens (tertiary/aromatic N) is 3. The van der Waals surface area contributed by atoms with Crippen LogP contribution in [0.25, 0.3) is 22.2 Å². The molecule has 0 aliphatic carbocycles. The highest BCUT2D eigenvalue weighted by atomic mass is 35.5. The largest absolute Gasteiger partial charge is 0.324 e. The first-order valence-corrected chi connectivity index (χ1v) is 12.7. The Morgan fingerprint density at radius 3 is 2.37 bits per heavy atom. The number of amides is 1. The lowest BCUT2D eigenvalue weighted by Gasteiger charge is -2.14. The summed E-state index contributed by atoms with van der Waals surface area (Å²) in [6, 6.07) is 28.9. The number of hydrogen-bond acceptors (Lipinski definition) is 5. The van der Waals surface area contributed by atoms with Crippen molar-refractivity contribution in [3.63, 3.8) is 0 Å². The Bertz CT molecular complexity index is 1600. The Balaban J connectivity index is 1.36. The number of hydrogen-bond donors (Lipinski definition) is 2. The van der Waals surface area contributed by atoms with E-state index in [9.17, 15) is 4.79 Å². The van der Waals surface area contributed by atoms with Crippen LogP contribution in [0.3, 0.4) is 0 Å². The number of aromatic nitrogens is 2. The molecule has 7 heteroatoms. The standard InChI is InChI=1S/C31H28ClN5O/c1-20-8-9-21(19-37(2)3)18-28(20)34-30(38)23-12-16-25(17-13-23)33-31-35-27-7-5-4-6-26(27)29(36-31)22-10-14-24(32)15-11-22/h4-18H,19H2,1-3H3,(H,34,38)(H,33,35,36). The van der Waals surface area contributed by atoms with Crippen molar-refractivity contribution in [3.05, 3.63) is 113 Å². The maximum atomic E-state index is 13.0. The van der Waals surface area contributed by atoms with E-state index in [-0.39, 0.29) is 5.91 Å². The topological polar surface area (TPSA) is 70.2 Å². The molecule has 38 heavy (non-hydrogen) atoms. The van der Waals surface area contributed by atoms with Gasteiger partial charge in [-0.25, -0.2) is 9.97 Å². The van der Waals surface area contributed by atoms with E-state index < -0.39 is 0 Å². The quantitative estimate of drug-likeness (QED) is 0.235. The second kappa shape index (κ2) is 11.0. The van der Waals surface area contributed by atoms with E-state index in [2.05, 4.69) is 21.6 Å². The molecule has 0 fully saturated rings. The van der Waals surface area contributed by atoms with Gasteiger partial charge in [0.2, 0.25) is 5.95 Å². The molecule has 0 saturated carbocycles. The third kappa shape index (κ3) is 5.83. The second-order valence-electron chi connectivity index (χ2n) is 9.46. The predicted octanol–water partition coefficient (Wildman–Crippen LogP) is 7.32. The maximum absolute atomic E-state index is 13.0. The predicted molar refractivity (Wildman–Crippen MR) is 156 cm³/mol. The lowest BCUT2D eigenvalue weighted by atomic mass is 10.1. The van der Waals surface area contributed by atoms with Crippen LogP contribution in [-0.4, -0.2) is 34.9 Å². The zero-order chi connectivity index (χ0) is 26.6. The summed E-state index contributed by atoms with van der Waals surface area (Å²) >= 11 is 6.09. The number of para-hydroxylation sites is 1. The zero-order valence-electron chi connectivity index (χ0n) is 21.5. The lowest BCUT2D eigenvalue weighted by molar-refractivity contribution is 0.102. The van der Waals surface area contributed by atoms with E-state index in [1.807, 2.05) is 93.8 Å². The minimum atomic E-state index is -0.159. The normalized spacial score (nSPS) is 11.1. The molecule has 0 radical (unpaired) electrons. The van der Waals surface area contributed by atoms with Gasteiger partial charge in [0.25, 0.3) is 5.91 Å². The molecule has 0 unspecified atom stereocenters. The fourth-order valence-electron chi connectivity index (χ4n) is 4.26. The molecule has 2 N–H and O–H groups in total. The SMILES string of the molecule is Cc1ccc(CN(C)C)cc1NC(=O)c1ccc(Nc2nc(-c3ccc(Cl)cc3)c3ccccc3n2)cc1. The van der Waals surface area contributed by atoms with E-state index in [1.54, 1.807) is 12.1 Å². The molecule has 0 saturated heterocycles. The number of nitrogens with one attached hydrogen (secondary N) is 2. The smallest absolute Gasteiger partial charge is 0.255 e. The first kappa shape index (κ1) is 25.4. The Kier molecular flexibility index (Phi) is 7.36. The molecule has 1 amide bonds. The first-order chi connectivity index (χ1) is 18.4. The molecule has 4 aromatic carbocycles. The second-order valence-corrected chi connectivity index (χ2v) is 9.90. The molecule has 5 rings (SSSR count). The van der Waals surface area contributed by atoms with Gasteiger partial charge < -0.3 is 15.5 Å². The molecule has 0 spiro atoms. The number of anilines is 3. The van der Waals surface area contributed by atoms with Crippen molar-refractivity contribution in [2.24, 2.45) is 0 Å². The molecular formula is C31H28ClN5O. The third-order valence-electron chi connectivity index (χ3n) is 6.17. The fourth-order valence-corrected chi connectivity index (χ4v) is 4.38. The summed E-state index contributed by atoms with van der Waals surface area (Å²) in [7, 11) is 4.05. The van der Waals surface area contributed by atoms with Crippen LogP contribution in [0.4, 0.5) is 17.3 Å². The van der Waals surface area contributed by atoms with Crippen molar-refractivity contribution in [1.29, 1.82) is 0 Å². The van der Waals surface area contributed by atoms with Crippen molar-refractivity contribution >= 4 is 45.7 Å². The Morgan fingerprint density at radius 2 is 1.63 bits per heavy atom. The van der Waals surface area contributed by atoms with Gasteiger partial charge in [-0.05, 0) is 80.7 Å². The van der Waals surface area contributed by atoms with Crippen LogP contribution in [0.5, 0.6) is 0 Å². The van der Waals surface area contributed by atoms with E-state index in [0.717, 1.165) is 51.2 Å². The van der Waals surface area contributed by atoms with Crippen molar-refractivity contribution in [3.8, 4) is 11.3 Å². The highest BCUT2D eigenvalue weighted by Gasteiger charge is 2.12. The van der Waals surface area contributed by atoms with Gasteiger partial charge >= 0.3 is 0 Å². The van der Waals surface area contributed by atoms with Gasteiger partial charge in [-0.15, -0.1) is 0 Å². The van der Waals surface area contributed by atoms with E-state index in [1.165, 1.54) is 0 Å². The van der Waals surface area contributed by atoms with Gasteiger partial charge in [0.1, 0.15) is 0 Å². The van der Waals surface area contributed by atoms with Crippen molar-refractivity contribution in [1.82, 2.24) is 14.9 Å². The molecule has 1 aromatic heterocycles. The molecule has 6 nitrogen and oxygen atoms in total. The zero-order valence-corrected chi connectivity index (χ0v) is 22.3. The van der Waals surface area contributed by atoms with Crippen LogP contribution < -0.4 is 10.6 Å². The van der Waals surface area contributed by atoms with Crippen LogP contribution in [-0.2, 0) is 6.54 Å². The molecule has 1 heterocycles. The van der Waals surface area contributed by atoms with Crippen LogP contribution in [0.1, 0.15) is 21.5 Å². The van der Waals surface area contributed by atoms with Crippen LogP contribution in [0.15, 0.2) is 91.0 Å². The van der Waals surface area contributed by atoms with Crippen molar-refractivity contribution in [2.45, 2.75) is 13.5 Å². The van der Waals surface area contributed by atoms with Crippen LogP contribution in [0.2, 0.25) is 5.02 Å². The fraction of sp³-hybridized carbons (Fsp3) is 0.129. The Morgan fingerprint density at radius 1 is 0.895 bits per heavy atom. The molecule has 190 valence electrons. The summed E-state index contributed by atoms with van der Waals surface area (Å²) < 4.78 is 0. The number of rotatable bonds is 7. The Hall–Kier alpha value is -4.26. The average molecular weight is 522 g/mol. The number of halogens is 1. The summed E-state index contributed by atoms with van der Waals surface area (Å²) in [5.41, 5.74) is 6.92. The molecule has 0 aliphatic heterocycles. The van der Waals surface area contributed by atoms with Crippen molar-refractivity contribution < 1.29 is 4.79 Å². The first-order valence-electron chi connectivity index (χ1n) is 12.3. The lowest BCUT2D eigenvalue weighted by Crippen LogP contribution is -2.14. The minimum Gasteiger partial charge on any atom is -0.324 e. The number of fused-ring (bicyclic) bond motifs is 1. The summed E-state index contributed by atoms with van der Waals surface area (Å²) in [5.74, 6) is 0.313. The van der Waals surface area contributed by atoms with Gasteiger partial charge in [0.05, 0.1) is 11.2 Å². The summed E-state index contributed by atoms with van der Waals surface area (Å²) in [6.45, 7) is 2.80. The van der Waals surface area contributed by atoms with Crippen LogP contribution >= 0.6 is 11.6 Å². The minimum absolute atomic E-state index is 0.159. The average Bonchev–Trinajstić information content (AvgIpc) is 2.91. The monoisotopic (exact) mass is 521 g/mol. The van der Waals surface area contributed by atoms with Gasteiger partial charge in [0, 0.05) is 39.5 Å². The number of carbonyl (C=O) groups excluding carboxylic acids is 1. The molecule has 0 bridgehead atoms. The van der Waals surface area contributed by atoms with Gasteiger partial charge in [0.15, 0.2) is 0 Å². The number of carbonyl (C=O) groups is 1. The summed E-state index contributed by atoms with van der Waals surface area (Å²) in [6.07, 6.45) is 0.